The standard InChI is InChI=1S/C31H46N4/c1-20(2)24-15-13-16-25(21(3)4)28(24)34-19-35(31(33(11)12)30(34)32(9)10)29-26(22(5)6)17-14-18-27(29)23(7)8/h13-18,20-23H,1-12H3. The van der Waals surface area contributed by atoms with Crippen LogP contribution in [0, 0.1) is 6.67 Å². The summed E-state index contributed by atoms with van der Waals surface area (Å²) in [6.45, 7) is 22.2. The maximum Gasteiger partial charge on any atom is 0.221 e. The molecule has 0 aliphatic carbocycles. The van der Waals surface area contributed by atoms with Gasteiger partial charge in [0, 0.05) is 28.2 Å². The molecule has 0 N–H and O–H groups in total. The molecular weight excluding hydrogens is 428 g/mol. The van der Waals surface area contributed by atoms with Gasteiger partial charge in [-0.2, -0.15) is 0 Å². The van der Waals surface area contributed by atoms with Gasteiger partial charge in [-0.3, -0.25) is 9.80 Å². The number of anilines is 2. The first-order valence-electron chi connectivity index (χ1n) is 13.1. The lowest BCUT2D eigenvalue weighted by Crippen LogP contribution is -2.29. The maximum atomic E-state index is 3.88. The summed E-state index contributed by atoms with van der Waals surface area (Å²) in [6.07, 6.45) is 0. The van der Waals surface area contributed by atoms with Gasteiger partial charge in [-0.05, 0) is 45.9 Å². The first kappa shape index (κ1) is 27.0. The average molecular weight is 475 g/mol. The Hall–Kier alpha value is -2.62. The SMILES string of the molecule is CC(C)c1cccc(C(C)C)c1N1[C]N(c2c(C(C)C)cccc2C(C)C)C(N(C)C)=C1N(C)C. The van der Waals surface area contributed by atoms with Crippen LogP contribution in [0.4, 0.5) is 11.4 Å². The number of hydrogen-bond donors (Lipinski definition) is 0. The summed E-state index contributed by atoms with van der Waals surface area (Å²) >= 11 is 0. The van der Waals surface area contributed by atoms with Gasteiger partial charge < -0.3 is 9.80 Å². The van der Waals surface area contributed by atoms with E-state index in [9.17, 15) is 0 Å². The highest BCUT2D eigenvalue weighted by Gasteiger charge is 2.39. The van der Waals surface area contributed by atoms with Crippen molar-refractivity contribution < 1.29 is 0 Å². The molecule has 0 unspecified atom stereocenters. The van der Waals surface area contributed by atoms with Crippen molar-refractivity contribution in [2.45, 2.75) is 79.1 Å². The number of rotatable bonds is 8. The normalized spacial score (nSPS) is 14.4. The molecule has 0 saturated heterocycles. The molecule has 0 spiro atoms. The predicted molar refractivity (Wildman–Crippen MR) is 152 cm³/mol. The molecule has 1 heterocycles. The third-order valence-electron chi connectivity index (χ3n) is 6.80. The highest BCUT2D eigenvalue weighted by atomic mass is 15.5. The predicted octanol–water partition coefficient (Wildman–Crippen LogP) is 7.75. The third kappa shape index (κ3) is 5.03. The number of nitrogens with zero attached hydrogens (tertiary/aromatic N) is 4. The van der Waals surface area contributed by atoms with Gasteiger partial charge >= 0.3 is 0 Å². The minimum atomic E-state index is 0.403. The number of benzene rings is 2. The molecule has 1 aliphatic heterocycles. The van der Waals surface area contributed by atoms with Crippen molar-refractivity contribution in [2.75, 3.05) is 38.0 Å². The molecule has 190 valence electrons. The van der Waals surface area contributed by atoms with Gasteiger partial charge in [0.25, 0.3) is 0 Å². The Kier molecular flexibility index (Phi) is 8.14. The van der Waals surface area contributed by atoms with Crippen molar-refractivity contribution in [3.8, 4) is 0 Å². The fraction of sp³-hybridized carbons (Fsp3) is 0.516. The first-order chi connectivity index (χ1) is 16.4. The molecule has 2 radical (unpaired) electrons. The molecule has 0 atom stereocenters. The summed E-state index contributed by atoms with van der Waals surface area (Å²) in [7, 11) is 8.56. The molecule has 3 rings (SSSR count). The number of hydrogen-bond acceptors (Lipinski definition) is 4. The van der Waals surface area contributed by atoms with Crippen LogP contribution in [0.2, 0.25) is 0 Å². The van der Waals surface area contributed by atoms with Crippen LogP contribution in [0.15, 0.2) is 48.0 Å². The Bertz CT molecular complexity index is 924. The molecule has 4 nitrogen and oxygen atoms in total. The van der Waals surface area contributed by atoms with Gasteiger partial charge in [-0.1, -0.05) is 91.8 Å². The van der Waals surface area contributed by atoms with Crippen LogP contribution in [-0.4, -0.2) is 38.0 Å². The van der Waals surface area contributed by atoms with Crippen LogP contribution in [0.3, 0.4) is 0 Å². The fourth-order valence-electron chi connectivity index (χ4n) is 5.05. The van der Waals surface area contributed by atoms with Crippen LogP contribution >= 0.6 is 0 Å². The van der Waals surface area contributed by atoms with E-state index in [0.29, 0.717) is 23.7 Å². The first-order valence-corrected chi connectivity index (χ1v) is 13.1. The summed E-state index contributed by atoms with van der Waals surface area (Å²) in [5, 5.41) is 0. The third-order valence-corrected chi connectivity index (χ3v) is 6.80. The van der Waals surface area contributed by atoms with Crippen LogP contribution in [0.5, 0.6) is 0 Å². The van der Waals surface area contributed by atoms with E-state index in [4.69, 9.17) is 0 Å². The molecular formula is C31H46N4. The van der Waals surface area contributed by atoms with Crippen LogP contribution in [0.25, 0.3) is 0 Å². The van der Waals surface area contributed by atoms with Gasteiger partial charge in [0.1, 0.15) is 0 Å². The van der Waals surface area contributed by atoms with Gasteiger partial charge in [0.05, 0.1) is 11.4 Å². The molecule has 2 aromatic carbocycles. The van der Waals surface area contributed by atoms with E-state index >= 15 is 0 Å². The largest absolute Gasteiger partial charge is 0.361 e. The molecule has 0 aromatic heterocycles. The van der Waals surface area contributed by atoms with E-state index in [1.807, 2.05) is 0 Å². The van der Waals surface area contributed by atoms with Crippen LogP contribution in [0.1, 0.15) is 101 Å². The number of para-hydroxylation sites is 2. The van der Waals surface area contributed by atoms with Gasteiger partial charge in [-0.25, -0.2) is 0 Å². The van der Waals surface area contributed by atoms with E-state index in [-0.39, 0.29) is 0 Å². The second-order valence-corrected chi connectivity index (χ2v) is 11.4. The Morgan fingerprint density at radius 3 is 0.971 bits per heavy atom. The molecule has 4 heteroatoms. The zero-order chi connectivity index (χ0) is 26.2. The Balaban J connectivity index is 2.37. The van der Waals surface area contributed by atoms with Crippen molar-refractivity contribution in [1.82, 2.24) is 9.80 Å². The van der Waals surface area contributed by atoms with Gasteiger partial charge in [0.2, 0.25) is 6.67 Å². The maximum absolute atomic E-state index is 3.88. The molecule has 0 fully saturated rings. The lowest BCUT2D eigenvalue weighted by Gasteiger charge is -2.32. The Morgan fingerprint density at radius 2 is 0.771 bits per heavy atom. The highest BCUT2D eigenvalue weighted by molar-refractivity contribution is 5.76. The van der Waals surface area contributed by atoms with E-state index in [0.717, 1.165) is 11.6 Å². The fourth-order valence-corrected chi connectivity index (χ4v) is 5.05. The van der Waals surface area contributed by atoms with Gasteiger partial charge in [0.15, 0.2) is 11.6 Å². The zero-order valence-corrected chi connectivity index (χ0v) is 24.1. The quantitative estimate of drug-likeness (QED) is 0.388. The van der Waals surface area contributed by atoms with Crippen molar-refractivity contribution in [3.05, 3.63) is 77.0 Å². The van der Waals surface area contributed by atoms with E-state index in [2.05, 4.69) is 146 Å². The Morgan fingerprint density at radius 1 is 0.514 bits per heavy atom. The lowest BCUT2D eigenvalue weighted by atomic mass is 9.91. The topological polar surface area (TPSA) is 13.0 Å². The molecule has 0 amide bonds. The smallest absolute Gasteiger partial charge is 0.221 e. The highest BCUT2D eigenvalue weighted by Crippen LogP contribution is 2.47. The molecule has 1 aliphatic rings. The molecule has 0 saturated carbocycles. The molecule has 35 heavy (non-hydrogen) atoms. The monoisotopic (exact) mass is 474 g/mol. The second-order valence-electron chi connectivity index (χ2n) is 11.4. The van der Waals surface area contributed by atoms with Crippen molar-refractivity contribution in [1.29, 1.82) is 0 Å². The summed E-state index contributed by atoms with van der Waals surface area (Å²) in [4.78, 5) is 9.11. The lowest BCUT2D eigenvalue weighted by molar-refractivity contribution is 0.442. The average Bonchev–Trinajstić information content (AvgIpc) is 3.18. The summed E-state index contributed by atoms with van der Waals surface area (Å²) in [5.41, 5.74) is 7.93. The van der Waals surface area contributed by atoms with Gasteiger partial charge in [-0.15, -0.1) is 0 Å². The second kappa shape index (κ2) is 10.6. The minimum absolute atomic E-state index is 0.403. The summed E-state index contributed by atoms with van der Waals surface area (Å²) in [6, 6.07) is 13.5. The zero-order valence-electron chi connectivity index (χ0n) is 24.1. The Labute approximate surface area is 215 Å². The molecule has 2 aromatic rings. The molecule has 0 bridgehead atoms. The van der Waals surface area contributed by atoms with Crippen molar-refractivity contribution >= 4 is 11.4 Å². The summed E-state index contributed by atoms with van der Waals surface area (Å²) in [5.74, 6) is 3.89. The van der Waals surface area contributed by atoms with Crippen LogP contribution in [-0.2, 0) is 0 Å². The van der Waals surface area contributed by atoms with E-state index in [1.54, 1.807) is 0 Å². The van der Waals surface area contributed by atoms with E-state index < -0.39 is 0 Å². The minimum Gasteiger partial charge on any atom is -0.361 e. The summed E-state index contributed by atoms with van der Waals surface area (Å²) < 4.78 is 0. The van der Waals surface area contributed by atoms with E-state index in [1.165, 1.54) is 33.6 Å². The van der Waals surface area contributed by atoms with Crippen LogP contribution < -0.4 is 9.80 Å². The van der Waals surface area contributed by atoms with Crippen molar-refractivity contribution in [2.24, 2.45) is 0 Å². The van der Waals surface area contributed by atoms with Crippen molar-refractivity contribution in [3.63, 3.8) is 0 Å².